The first kappa shape index (κ1) is 14.1. The molecule has 3 nitrogen and oxygen atoms in total. The van der Waals surface area contributed by atoms with Crippen LogP contribution in [-0.2, 0) is 4.79 Å². The quantitative estimate of drug-likeness (QED) is 0.901. The average Bonchev–Trinajstić information content (AvgIpc) is 2.39. The van der Waals surface area contributed by atoms with Crippen LogP contribution in [0.1, 0.15) is 38.2 Å². The van der Waals surface area contributed by atoms with Gasteiger partial charge in [-0.25, -0.2) is 0 Å². The van der Waals surface area contributed by atoms with Crippen molar-refractivity contribution in [3.63, 3.8) is 0 Å². The SMILES string of the molecule is CCCN1CC(NC(C)=O)CC(c2ccccc2)C1. The zero-order valence-electron chi connectivity index (χ0n) is 11.9. The topological polar surface area (TPSA) is 32.3 Å². The van der Waals surface area contributed by atoms with Crippen molar-refractivity contribution in [1.29, 1.82) is 0 Å². The van der Waals surface area contributed by atoms with E-state index in [9.17, 15) is 4.79 Å². The van der Waals surface area contributed by atoms with Crippen LogP contribution in [-0.4, -0.2) is 36.5 Å². The third kappa shape index (κ3) is 4.06. The Morgan fingerprint density at radius 1 is 1.32 bits per heavy atom. The average molecular weight is 260 g/mol. The Morgan fingerprint density at radius 3 is 2.68 bits per heavy atom. The monoisotopic (exact) mass is 260 g/mol. The van der Waals surface area contributed by atoms with Crippen molar-refractivity contribution < 1.29 is 4.79 Å². The molecule has 0 radical (unpaired) electrons. The molecule has 2 unspecified atom stereocenters. The highest BCUT2D eigenvalue weighted by molar-refractivity contribution is 5.73. The van der Waals surface area contributed by atoms with E-state index in [4.69, 9.17) is 0 Å². The van der Waals surface area contributed by atoms with Crippen molar-refractivity contribution in [2.75, 3.05) is 19.6 Å². The molecule has 1 aromatic rings. The summed E-state index contributed by atoms with van der Waals surface area (Å²) in [6, 6.07) is 10.9. The van der Waals surface area contributed by atoms with Crippen LogP contribution in [0.4, 0.5) is 0 Å². The smallest absolute Gasteiger partial charge is 0.217 e. The molecule has 2 rings (SSSR count). The Morgan fingerprint density at radius 2 is 2.05 bits per heavy atom. The first-order valence-corrected chi connectivity index (χ1v) is 7.23. The van der Waals surface area contributed by atoms with Gasteiger partial charge in [0.15, 0.2) is 0 Å². The number of benzene rings is 1. The molecular formula is C16H24N2O. The van der Waals surface area contributed by atoms with Crippen molar-refractivity contribution in [1.82, 2.24) is 10.2 Å². The Labute approximate surface area is 116 Å². The molecule has 1 aliphatic heterocycles. The van der Waals surface area contributed by atoms with E-state index in [0.717, 1.165) is 32.5 Å². The molecule has 0 aromatic heterocycles. The van der Waals surface area contributed by atoms with Gasteiger partial charge in [0.05, 0.1) is 0 Å². The van der Waals surface area contributed by atoms with Gasteiger partial charge in [-0.1, -0.05) is 37.3 Å². The summed E-state index contributed by atoms with van der Waals surface area (Å²) in [5, 5.41) is 3.09. The highest BCUT2D eigenvalue weighted by Gasteiger charge is 2.27. The summed E-state index contributed by atoms with van der Waals surface area (Å²) < 4.78 is 0. The lowest BCUT2D eigenvalue weighted by atomic mass is 9.88. The maximum absolute atomic E-state index is 11.3. The van der Waals surface area contributed by atoms with Crippen molar-refractivity contribution in [2.24, 2.45) is 0 Å². The van der Waals surface area contributed by atoms with Crippen LogP contribution in [0.5, 0.6) is 0 Å². The molecule has 1 aliphatic rings. The summed E-state index contributed by atoms with van der Waals surface area (Å²) >= 11 is 0. The summed E-state index contributed by atoms with van der Waals surface area (Å²) in [6.07, 6.45) is 2.21. The lowest BCUT2D eigenvalue weighted by Gasteiger charge is -2.38. The number of carbonyl (C=O) groups is 1. The molecule has 1 aromatic carbocycles. The number of piperidine rings is 1. The van der Waals surface area contributed by atoms with Crippen LogP contribution in [0, 0.1) is 0 Å². The van der Waals surface area contributed by atoms with E-state index in [-0.39, 0.29) is 11.9 Å². The summed E-state index contributed by atoms with van der Waals surface area (Å²) in [6.45, 7) is 7.01. The lowest BCUT2D eigenvalue weighted by molar-refractivity contribution is -0.120. The van der Waals surface area contributed by atoms with Crippen molar-refractivity contribution >= 4 is 5.91 Å². The molecule has 0 bridgehead atoms. The summed E-state index contributed by atoms with van der Waals surface area (Å²) in [5.41, 5.74) is 1.39. The summed E-state index contributed by atoms with van der Waals surface area (Å²) in [5.74, 6) is 0.605. The van der Waals surface area contributed by atoms with Crippen LogP contribution in [0.3, 0.4) is 0 Å². The number of carbonyl (C=O) groups excluding carboxylic acids is 1. The molecule has 1 saturated heterocycles. The summed E-state index contributed by atoms with van der Waals surface area (Å²) in [7, 11) is 0. The molecule has 3 heteroatoms. The van der Waals surface area contributed by atoms with E-state index >= 15 is 0 Å². The number of likely N-dealkylation sites (tertiary alicyclic amines) is 1. The zero-order chi connectivity index (χ0) is 13.7. The van der Waals surface area contributed by atoms with Crippen LogP contribution < -0.4 is 5.32 Å². The van der Waals surface area contributed by atoms with Gasteiger partial charge in [0, 0.05) is 26.1 Å². The second-order valence-corrected chi connectivity index (χ2v) is 5.50. The fourth-order valence-corrected chi connectivity index (χ4v) is 3.05. The molecular weight excluding hydrogens is 236 g/mol. The number of nitrogens with zero attached hydrogens (tertiary/aromatic N) is 1. The maximum Gasteiger partial charge on any atom is 0.217 e. The predicted octanol–water partition coefficient (Wildman–Crippen LogP) is 2.39. The number of amides is 1. The molecule has 0 saturated carbocycles. The standard InChI is InChI=1S/C16H24N2O/c1-3-9-18-11-15(14-7-5-4-6-8-14)10-16(12-18)17-13(2)19/h4-8,15-16H,3,9-12H2,1-2H3,(H,17,19). The Kier molecular flexibility index (Phi) is 4.97. The molecule has 1 N–H and O–H groups in total. The lowest BCUT2D eigenvalue weighted by Crippen LogP contribution is -2.49. The minimum atomic E-state index is 0.0789. The van der Waals surface area contributed by atoms with Gasteiger partial charge in [0.1, 0.15) is 0 Å². The van der Waals surface area contributed by atoms with Crippen LogP contribution in [0.25, 0.3) is 0 Å². The highest BCUT2D eigenvalue weighted by atomic mass is 16.1. The van der Waals surface area contributed by atoms with E-state index < -0.39 is 0 Å². The van der Waals surface area contributed by atoms with E-state index in [1.165, 1.54) is 5.56 Å². The molecule has 104 valence electrons. The summed E-state index contributed by atoms with van der Waals surface area (Å²) in [4.78, 5) is 13.8. The van der Waals surface area contributed by atoms with Crippen molar-refractivity contribution in [2.45, 2.75) is 38.6 Å². The van der Waals surface area contributed by atoms with Gasteiger partial charge < -0.3 is 10.2 Å². The van der Waals surface area contributed by atoms with Crippen LogP contribution >= 0.6 is 0 Å². The van der Waals surface area contributed by atoms with E-state index in [0.29, 0.717) is 5.92 Å². The number of hydrogen-bond acceptors (Lipinski definition) is 2. The number of hydrogen-bond donors (Lipinski definition) is 1. The van der Waals surface area contributed by atoms with Gasteiger partial charge >= 0.3 is 0 Å². The van der Waals surface area contributed by atoms with Gasteiger partial charge in [-0.2, -0.15) is 0 Å². The first-order valence-electron chi connectivity index (χ1n) is 7.23. The molecule has 1 amide bonds. The van der Waals surface area contributed by atoms with E-state index in [1.807, 2.05) is 0 Å². The first-order chi connectivity index (χ1) is 9.19. The van der Waals surface area contributed by atoms with Gasteiger partial charge in [-0.15, -0.1) is 0 Å². The molecule has 19 heavy (non-hydrogen) atoms. The fraction of sp³-hybridized carbons (Fsp3) is 0.562. The maximum atomic E-state index is 11.3. The predicted molar refractivity (Wildman–Crippen MR) is 78.1 cm³/mol. The second kappa shape index (κ2) is 6.71. The van der Waals surface area contributed by atoms with Gasteiger partial charge in [0.25, 0.3) is 0 Å². The van der Waals surface area contributed by atoms with Crippen LogP contribution in [0.15, 0.2) is 30.3 Å². The Bertz CT molecular complexity index is 404. The minimum Gasteiger partial charge on any atom is -0.352 e. The van der Waals surface area contributed by atoms with Gasteiger partial charge in [0.2, 0.25) is 5.91 Å². The number of rotatable bonds is 4. The van der Waals surface area contributed by atoms with Gasteiger partial charge in [-0.05, 0) is 30.9 Å². The van der Waals surface area contributed by atoms with Gasteiger partial charge in [-0.3, -0.25) is 4.79 Å². The zero-order valence-corrected chi connectivity index (χ0v) is 11.9. The third-order valence-corrected chi connectivity index (χ3v) is 3.74. The second-order valence-electron chi connectivity index (χ2n) is 5.50. The van der Waals surface area contributed by atoms with Crippen molar-refractivity contribution in [3.8, 4) is 0 Å². The Hall–Kier alpha value is -1.35. The molecule has 2 atom stereocenters. The van der Waals surface area contributed by atoms with Crippen LogP contribution in [0.2, 0.25) is 0 Å². The normalized spacial score (nSPS) is 24.1. The van der Waals surface area contributed by atoms with E-state index in [2.05, 4.69) is 47.5 Å². The number of nitrogens with one attached hydrogen (secondary N) is 1. The molecule has 0 aliphatic carbocycles. The molecule has 1 heterocycles. The third-order valence-electron chi connectivity index (χ3n) is 3.74. The molecule has 1 fully saturated rings. The largest absolute Gasteiger partial charge is 0.352 e. The van der Waals surface area contributed by atoms with Crippen molar-refractivity contribution in [3.05, 3.63) is 35.9 Å². The fourth-order valence-electron chi connectivity index (χ4n) is 3.05. The molecule has 0 spiro atoms. The Balaban J connectivity index is 2.07. The minimum absolute atomic E-state index is 0.0789. The highest BCUT2D eigenvalue weighted by Crippen LogP contribution is 2.27. The van der Waals surface area contributed by atoms with E-state index in [1.54, 1.807) is 6.92 Å².